The van der Waals surface area contributed by atoms with Crippen LogP contribution in [0.4, 0.5) is 0 Å². The van der Waals surface area contributed by atoms with Crippen LogP contribution in [0.3, 0.4) is 0 Å². The molecule has 0 fully saturated rings. The van der Waals surface area contributed by atoms with Crippen molar-refractivity contribution in [3.8, 4) is 0 Å². The number of rotatable bonds is 3. The lowest BCUT2D eigenvalue weighted by molar-refractivity contribution is 0.416. The number of hydrogen-bond donors (Lipinski definition) is 1. The second-order valence-corrected chi connectivity index (χ2v) is 5.39. The molecule has 0 aromatic heterocycles. The van der Waals surface area contributed by atoms with E-state index in [0.717, 1.165) is 0 Å². The van der Waals surface area contributed by atoms with E-state index in [1.165, 1.54) is 0 Å². The molecule has 4 heteroatoms. The van der Waals surface area contributed by atoms with E-state index < -0.39 is 14.8 Å². The Labute approximate surface area is 69.0 Å². The van der Waals surface area contributed by atoms with Crippen LogP contribution in [0.25, 0.3) is 0 Å². The molecule has 0 aromatic carbocycles. The topological polar surface area (TPSA) is 60.2 Å². The molecule has 0 bridgehead atoms. The Hall–Kier alpha value is -0.0900. The molecule has 0 spiro atoms. The third kappa shape index (κ3) is 1.93. The number of nitrogens with two attached hydrogens (primary N) is 1. The molecule has 0 aliphatic carbocycles. The first-order valence-electron chi connectivity index (χ1n) is 3.78. The van der Waals surface area contributed by atoms with Crippen LogP contribution >= 0.6 is 0 Å². The molecular weight excluding hydrogens is 162 g/mol. The van der Waals surface area contributed by atoms with Crippen LogP contribution in [0.15, 0.2) is 0 Å². The largest absolute Gasteiger partial charge is 0.228 e. The first-order chi connectivity index (χ1) is 4.75. The summed E-state index contributed by atoms with van der Waals surface area (Å²) in [5.74, 6) is 0.0579. The Kier molecular flexibility index (Phi) is 3.08. The molecule has 3 nitrogen and oxygen atoms in total. The molecule has 0 rings (SSSR count). The van der Waals surface area contributed by atoms with Gasteiger partial charge in [0.1, 0.15) is 0 Å². The quantitative estimate of drug-likeness (QED) is 0.705. The van der Waals surface area contributed by atoms with Crippen molar-refractivity contribution in [1.82, 2.24) is 0 Å². The Morgan fingerprint density at radius 3 is 1.82 bits per heavy atom. The van der Waals surface area contributed by atoms with Gasteiger partial charge in [0.05, 0.1) is 4.75 Å². The van der Waals surface area contributed by atoms with Crippen LogP contribution in [-0.2, 0) is 10.0 Å². The van der Waals surface area contributed by atoms with Gasteiger partial charge in [0.25, 0.3) is 0 Å². The average Bonchev–Trinajstić information content (AvgIpc) is 1.83. The highest BCUT2D eigenvalue weighted by Crippen LogP contribution is 2.27. The van der Waals surface area contributed by atoms with Gasteiger partial charge >= 0.3 is 0 Å². The van der Waals surface area contributed by atoms with Gasteiger partial charge in [-0.1, -0.05) is 20.8 Å². The van der Waals surface area contributed by atoms with Gasteiger partial charge < -0.3 is 0 Å². The normalized spacial score (nSPS) is 18.4. The minimum absolute atomic E-state index is 0.0579. The lowest BCUT2D eigenvalue weighted by Gasteiger charge is -2.29. The van der Waals surface area contributed by atoms with Crippen molar-refractivity contribution in [2.24, 2.45) is 11.1 Å². The van der Waals surface area contributed by atoms with Gasteiger partial charge in [-0.15, -0.1) is 0 Å². The minimum atomic E-state index is -3.41. The van der Waals surface area contributed by atoms with E-state index in [-0.39, 0.29) is 5.92 Å². The molecule has 1 atom stereocenters. The highest BCUT2D eigenvalue weighted by atomic mass is 32.2. The molecule has 0 aliphatic rings. The van der Waals surface area contributed by atoms with Gasteiger partial charge in [-0.2, -0.15) is 0 Å². The Morgan fingerprint density at radius 1 is 1.45 bits per heavy atom. The Morgan fingerprint density at radius 2 is 1.82 bits per heavy atom. The van der Waals surface area contributed by atoms with Crippen molar-refractivity contribution < 1.29 is 8.42 Å². The van der Waals surface area contributed by atoms with Crippen LogP contribution in [0, 0.1) is 5.92 Å². The summed E-state index contributed by atoms with van der Waals surface area (Å²) in [5.41, 5.74) is 0. The molecule has 0 heterocycles. The fourth-order valence-electron chi connectivity index (χ4n) is 0.938. The van der Waals surface area contributed by atoms with Crippen LogP contribution < -0.4 is 5.14 Å². The predicted octanol–water partition coefficient (Wildman–Crippen LogP) is 1.10. The fourth-order valence-corrected chi connectivity index (χ4v) is 2.00. The maximum atomic E-state index is 11.1. The molecule has 0 saturated heterocycles. The average molecular weight is 179 g/mol. The summed E-state index contributed by atoms with van der Waals surface area (Å²) in [6.07, 6.45) is 0.559. The summed E-state index contributed by atoms with van der Waals surface area (Å²) < 4.78 is 21.4. The lowest BCUT2D eigenvalue weighted by atomic mass is 9.94. The number of primary sulfonamides is 1. The van der Waals surface area contributed by atoms with E-state index in [1.807, 2.05) is 20.8 Å². The zero-order chi connectivity index (χ0) is 9.28. The van der Waals surface area contributed by atoms with Gasteiger partial charge in [-0.3, -0.25) is 0 Å². The monoisotopic (exact) mass is 179 g/mol. The van der Waals surface area contributed by atoms with Gasteiger partial charge in [0.15, 0.2) is 0 Å². The van der Waals surface area contributed by atoms with Crippen molar-refractivity contribution in [1.29, 1.82) is 0 Å². The summed E-state index contributed by atoms with van der Waals surface area (Å²) in [7, 11) is -3.41. The first kappa shape index (κ1) is 10.9. The fraction of sp³-hybridized carbons (Fsp3) is 1.00. The molecule has 0 amide bonds. The minimum Gasteiger partial charge on any atom is -0.228 e. The van der Waals surface area contributed by atoms with E-state index in [1.54, 1.807) is 6.92 Å². The smallest absolute Gasteiger partial charge is 0.214 e. The molecule has 1 unspecified atom stereocenters. The van der Waals surface area contributed by atoms with E-state index in [2.05, 4.69) is 0 Å². The zero-order valence-electron chi connectivity index (χ0n) is 7.59. The number of hydrogen-bond acceptors (Lipinski definition) is 2. The molecular formula is C7H17NO2S. The maximum Gasteiger partial charge on any atom is 0.214 e. The Balaban J connectivity index is 4.92. The summed E-state index contributed by atoms with van der Waals surface area (Å²) in [4.78, 5) is 0. The molecule has 11 heavy (non-hydrogen) atoms. The Bertz CT molecular complexity index is 221. The van der Waals surface area contributed by atoms with Crippen LogP contribution in [0.2, 0.25) is 0 Å². The van der Waals surface area contributed by atoms with Crippen LogP contribution in [0.5, 0.6) is 0 Å². The third-order valence-electron chi connectivity index (χ3n) is 2.57. The van der Waals surface area contributed by atoms with Crippen molar-refractivity contribution in [2.75, 3.05) is 0 Å². The number of sulfonamides is 1. The summed E-state index contributed by atoms with van der Waals surface area (Å²) in [6.45, 7) is 7.26. The standard InChI is InChI=1S/C7H17NO2S/c1-5-7(4,6(2)3)11(8,9)10/h6H,5H2,1-4H3,(H2,8,9,10). The molecule has 2 N–H and O–H groups in total. The SMILES string of the molecule is CCC(C)(C(C)C)S(N)(=O)=O. The van der Waals surface area contributed by atoms with Crippen molar-refractivity contribution in [3.63, 3.8) is 0 Å². The van der Waals surface area contributed by atoms with Crippen molar-refractivity contribution in [3.05, 3.63) is 0 Å². The lowest BCUT2D eigenvalue weighted by Crippen LogP contribution is -2.44. The molecule has 68 valence electrons. The summed E-state index contributed by atoms with van der Waals surface area (Å²) in [6, 6.07) is 0. The maximum absolute atomic E-state index is 11.1. The molecule has 0 saturated carbocycles. The second-order valence-electron chi connectivity index (χ2n) is 3.37. The van der Waals surface area contributed by atoms with E-state index in [0.29, 0.717) is 6.42 Å². The highest BCUT2D eigenvalue weighted by Gasteiger charge is 2.37. The summed E-state index contributed by atoms with van der Waals surface area (Å²) in [5, 5.41) is 5.10. The molecule has 0 aromatic rings. The van der Waals surface area contributed by atoms with Crippen LogP contribution in [0.1, 0.15) is 34.1 Å². The summed E-state index contributed by atoms with van der Waals surface area (Å²) >= 11 is 0. The molecule has 0 aliphatic heterocycles. The van der Waals surface area contributed by atoms with Gasteiger partial charge in [0, 0.05) is 0 Å². The third-order valence-corrected chi connectivity index (χ3v) is 4.63. The van der Waals surface area contributed by atoms with Crippen molar-refractivity contribution in [2.45, 2.75) is 38.9 Å². The zero-order valence-corrected chi connectivity index (χ0v) is 8.40. The van der Waals surface area contributed by atoms with E-state index >= 15 is 0 Å². The van der Waals surface area contributed by atoms with Gasteiger partial charge in [0.2, 0.25) is 10.0 Å². The molecule has 0 radical (unpaired) electrons. The van der Waals surface area contributed by atoms with E-state index in [4.69, 9.17) is 5.14 Å². The van der Waals surface area contributed by atoms with E-state index in [9.17, 15) is 8.42 Å². The highest BCUT2D eigenvalue weighted by molar-refractivity contribution is 7.90. The van der Waals surface area contributed by atoms with Gasteiger partial charge in [-0.05, 0) is 19.3 Å². The predicted molar refractivity (Wildman–Crippen MR) is 46.6 cm³/mol. The van der Waals surface area contributed by atoms with Crippen molar-refractivity contribution >= 4 is 10.0 Å². The second kappa shape index (κ2) is 3.11. The first-order valence-corrected chi connectivity index (χ1v) is 5.32. The van der Waals surface area contributed by atoms with Gasteiger partial charge in [-0.25, -0.2) is 13.6 Å². The van der Waals surface area contributed by atoms with Crippen LogP contribution in [-0.4, -0.2) is 13.2 Å².